The lowest BCUT2D eigenvalue weighted by Crippen LogP contribution is -2.32. The maximum atomic E-state index is 10.7. The van der Waals surface area contributed by atoms with E-state index in [0.717, 1.165) is 0 Å². The first-order chi connectivity index (χ1) is 12.4. The first-order valence-electron chi connectivity index (χ1n) is 8.33. The smallest absolute Gasteiger partial charge is 0.320 e. The highest BCUT2D eigenvalue weighted by Gasteiger charge is 2.43. The number of nitrogen functional groups attached to an aromatic ring is 1. The van der Waals surface area contributed by atoms with Crippen LogP contribution >= 0.6 is 0 Å². The number of aliphatic hydroxyl groups is 2. The zero-order valence-electron chi connectivity index (χ0n) is 14.0. The van der Waals surface area contributed by atoms with E-state index in [2.05, 4.69) is 15.0 Å². The van der Waals surface area contributed by atoms with Gasteiger partial charge in [0.15, 0.2) is 17.7 Å². The Morgan fingerprint density at radius 3 is 2.77 bits per heavy atom. The number of unbranched alkanes of at least 4 members (excludes halogenated alkanes) is 1. The number of anilines is 1. The number of carboxylic acid groups (broad SMARTS) is 1. The normalized spacial score (nSPS) is 27.0. The number of aromatic nitrogens is 4. The van der Waals surface area contributed by atoms with E-state index in [-0.39, 0.29) is 5.82 Å². The van der Waals surface area contributed by atoms with Crippen LogP contribution in [0.5, 0.6) is 0 Å². The number of fused-ring (bicyclic) bond motifs is 1. The Balaban J connectivity index is 1.64. The van der Waals surface area contributed by atoms with Crippen LogP contribution in [0.25, 0.3) is 11.2 Å². The highest BCUT2D eigenvalue weighted by Crippen LogP contribution is 2.33. The van der Waals surface area contributed by atoms with Crippen LogP contribution in [0.15, 0.2) is 12.7 Å². The molecule has 3 heterocycles. The van der Waals surface area contributed by atoms with E-state index in [1.54, 1.807) is 0 Å². The summed E-state index contributed by atoms with van der Waals surface area (Å²) in [7, 11) is 0. The Hall–Kier alpha value is -2.34. The van der Waals surface area contributed by atoms with Gasteiger partial charge < -0.3 is 31.5 Å². The Morgan fingerprint density at radius 2 is 2.04 bits per heavy atom. The van der Waals surface area contributed by atoms with Crippen LogP contribution < -0.4 is 11.5 Å². The molecular weight excluding hydrogens is 344 g/mol. The van der Waals surface area contributed by atoms with Crippen molar-refractivity contribution in [2.24, 2.45) is 5.73 Å². The third kappa shape index (κ3) is 3.46. The van der Waals surface area contributed by atoms with E-state index in [1.165, 1.54) is 17.2 Å². The molecule has 1 fully saturated rings. The second-order valence-corrected chi connectivity index (χ2v) is 6.36. The fourth-order valence-electron chi connectivity index (χ4n) is 3.09. The molecule has 0 bridgehead atoms. The van der Waals surface area contributed by atoms with Gasteiger partial charge in [0.2, 0.25) is 0 Å². The Morgan fingerprint density at radius 1 is 1.27 bits per heavy atom. The van der Waals surface area contributed by atoms with Crippen LogP contribution in [0.2, 0.25) is 0 Å². The molecular formula is C15H22N6O5. The molecule has 1 aliphatic rings. The Labute approximate surface area is 148 Å². The van der Waals surface area contributed by atoms with Crippen molar-refractivity contribution in [2.75, 3.05) is 5.73 Å². The largest absolute Gasteiger partial charge is 0.480 e. The van der Waals surface area contributed by atoms with E-state index >= 15 is 0 Å². The van der Waals surface area contributed by atoms with Gasteiger partial charge in [-0.1, -0.05) is 12.8 Å². The lowest BCUT2D eigenvalue weighted by atomic mass is 10.0. The summed E-state index contributed by atoms with van der Waals surface area (Å²) in [5.41, 5.74) is 12.0. The van der Waals surface area contributed by atoms with Gasteiger partial charge in [0.25, 0.3) is 0 Å². The van der Waals surface area contributed by atoms with Crippen LogP contribution in [0, 0.1) is 0 Å². The molecule has 7 N–H and O–H groups in total. The van der Waals surface area contributed by atoms with E-state index in [4.69, 9.17) is 21.3 Å². The number of aliphatic carboxylic acids is 1. The van der Waals surface area contributed by atoms with Gasteiger partial charge in [-0.3, -0.25) is 9.36 Å². The van der Waals surface area contributed by atoms with Crippen molar-refractivity contribution in [1.82, 2.24) is 19.5 Å². The van der Waals surface area contributed by atoms with E-state index in [1.807, 2.05) is 0 Å². The lowest BCUT2D eigenvalue weighted by Gasteiger charge is -2.16. The van der Waals surface area contributed by atoms with Crippen molar-refractivity contribution in [1.29, 1.82) is 0 Å². The maximum absolute atomic E-state index is 10.7. The molecule has 1 aliphatic heterocycles. The molecule has 0 amide bonds. The number of nitrogens with two attached hydrogens (primary N) is 2. The molecule has 142 valence electrons. The summed E-state index contributed by atoms with van der Waals surface area (Å²) in [6.07, 6.45) is 1.04. The molecule has 2 aromatic heterocycles. The molecule has 11 heteroatoms. The van der Waals surface area contributed by atoms with Crippen LogP contribution in [-0.4, -0.2) is 65.2 Å². The second kappa shape index (κ2) is 7.50. The summed E-state index contributed by atoms with van der Waals surface area (Å²) in [5.74, 6) is -0.820. The van der Waals surface area contributed by atoms with E-state index in [0.29, 0.717) is 36.8 Å². The van der Waals surface area contributed by atoms with Crippen molar-refractivity contribution in [2.45, 2.75) is 56.3 Å². The van der Waals surface area contributed by atoms with Gasteiger partial charge >= 0.3 is 5.97 Å². The SMILES string of the molecule is Nc1ncnc2c1ncn2[C@@H]1O[C@H](CCCCC(N)C(=O)O)[C@@H](O)[C@H]1O. The molecule has 1 saturated heterocycles. The van der Waals surface area contributed by atoms with Crippen molar-refractivity contribution in [3.8, 4) is 0 Å². The summed E-state index contributed by atoms with van der Waals surface area (Å²) in [5, 5.41) is 29.4. The van der Waals surface area contributed by atoms with Gasteiger partial charge in [-0.05, 0) is 12.8 Å². The molecule has 5 atom stereocenters. The van der Waals surface area contributed by atoms with Gasteiger partial charge in [-0.25, -0.2) is 15.0 Å². The van der Waals surface area contributed by atoms with Gasteiger partial charge in [0, 0.05) is 0 Å². The molecule has 0 aliphatic carbocycles. The maximum Gasteiger partial charge on any atom is 0.320 e. The van der Waals surface area contributed by atoms with Crippen molar-refractivity contribution in [3.63, 3.8) is 0 Å². The number of imidazole rings is 1. The molecule has 0 aromatic carbocycles. The third-order valence-corrected chi connectivity index (χ3v) is 4.57. The monoisotopic (exact) mass is 366 g/mol. The molecule has 0 saturated carbocycles. The number of hydrogen-bond acceptors (Lipinski definition) is 9. The van der Waals surface area contributed by atoms with Gasteiger partial charge in [0.05, 0.1) is 12.4 Å². The van der Waals surface area contributed by atoms with Crippen LogP contribution in [0.3, 0.4) is 0 Å². The number of carboxylic acids is 1. The number of rotatable bonds is 7. The second-order valence-electron chi connectivity index (χ2n) is 6.36. The molecule has 3 rings (SSSR count). The minimum atomic E-state index is -1.16. The highest BCUT2D eigenvalue weighted by molar-refractivity contribution is 5.81. The average molecular weight is 366 g/mol. The molecule has 26 heavy (non-hydrogen) atoms. The number of aliphatic hydroxyl groups excluding tert-OH is 2. The Bertz CT molecular complexity index is 783. The predicted octanol–water partition coefficient (Wildman–Crippen LogP) is -1.000. The quantitative estimate of drug-likeness (QED) is 0.381. The summed E-state index contributed by atoms with van der Waals surface area (Å²) in [4.78, 5) is 22.8. The van der Waals surface area contributed by atoms with Gasteiger partial charge in [0.1, 0.15) is 30.1 Å². The summed E-state index contributed by atoms with van der Waals surface area (Å²) < 4.78 is 7.32. The number of nitrogens with zero attached hydrogens (tertiary/aromatic N) is 4. The number of carbonyl (C=O) groups is 1. The van der Waals surface area contributed by atoms with Gasteiger partial charge in [-0.2, -0.15) is 0 Å². The molecule has 0 radical (unpaired) electrons. The molecule has 1 unspecified atom stereocenters. The lowest BCUT2D eigenvalue weighted by molar-refractivity contribution is -0.138. The highest BCUT2D eigenvalue weighted by atomic mass is 16.6. The van der Waals surface area contributed by atoms with Crippen LogP contribution in [0.4, 0.5) is 5.82 Å². The fraction of sp³-hybridized carbons (Fsp3) is 0.600. The predicted molar refractivity (Wildman–Crippen MR) is 89.7 cm³/mol. The zero-order chi connectivity index (χ0) is 18.8. The van der Waals surface area contributed by atoms with Crippen molar-refractivity contribution < 1.29 is 24.9 Å². The van der Waals surface area contributed by atoms with Crippen LogP contribution in [-0.2, 0) is 9.53 Å². The minimum absolute atomic E-state index is 0.216. The topological polar surface area (TPSA) is 183 Å². The zero-order valence-corrected chi connectivity index (χ0v) is 14.0. The third-order valence-electron chi connectivity index (χ3n) is 4.57. The number of hydrogen-bond donors (Lipinski definition) is 5. The minimum Gasteiger partial charge on any atom is -0.480 e. The first kappa shape index (κ1) is 18.5. The molecule has 11 nitrogen and oxygen atoms in total. The van der Waals surface area contributed by atoms with E-state index in [9.17, 15) is 15.0 Å². The Kier molecular flexibility index (Phi) is 5.32. The number of ether oxygens (including phenoxy) is 1. The van der Waals surface area contributed by atoms with E-state index < -0.39 is 36.6 Å². The molecule has 0 spiro atoms. The summed E-state index contributed by atoms with van der Waals surface area (Å²) >= 11 is 0. The van der Waals surface area contributed by atoms with Gasteiger partial charge in [-0.15, -0.1) is 0 Å². The first-order valence-corrected chi connectivity index (χ1v) is 8.33. The van der Waals surface area contributed by atoms with Crippen molar-refractivity contribution >= 4 is 23.0 Å². The summed E-state index contributed by atoms with van der Waals surface area (Å²) in [6, 6.07) is -0.898. The summed E-state index contributed by atoms with van der Waals surface area (Å²) in [6.45, 7) is 0. The molecule has 2 aromatic rings. The average Bonchev–Trinajstić information content (AvgIpc) is 3.15. The standard InChI is InChI=1S/C15H22N6O5/c16-7(15(24)25)3-1-2-4-8-10(22)11(23)14(26-8)21-6-20-9-12(17)18-5-19-13(9)21/h5-8,10-11,14,22-23H,1-4,16H2,(H,24,25)(H2,17,18,19)/t7?,8-,10-,11-,14-/m1/s1. The fourth-order valence-corrected chi connectivity index (χ4v) is 3.09. The van der Waals surface area contributed by atoms with Crippen molar-refractivity contribution in [3.05, 3.63) is 12.7 Å². The van der Waals surface area contributed by atoms with Crippen LogP contribution in [0.1, 0.15) is 31.9 Å².